The second-order valence-corrected chi connectivity index (χ2v) is 8.99. The Kier molecular flexibility index (Phi) is 5.91. The number of rotatable bonds is 5. The zero-order valence-corrected chi connectivity index (χ0v) is 15.6. The third-order valence-corrected chi connectivity index (χ3v) is 6.24. The second-order valence-electron chi connectivity index (χ2n) is 6.43. The fraction of sp³-hybridized carbons (Fsp3) is 0.562. The highest BCUT2D eigenvalue weighted by Crippen LogP contribution is 2.27. The number of aliphatic hydroxyl groups excluding tert-OH is 1. The minimum Gasteiger partial charge on any atom is -0.390 e. The van der Waals surface area contributed by atoms with Crippen LogP contribution >= 0.6 is 11.6 Å². The van der Waals surface area contributed by atoms with Gasteiger partial charge in [-0.3, -0.25) is 9.69 Å². The average molecular weight is 375 g/mol. The van der Waals surface area contributed by atoms with E-state index in [1.165, 1.54) is 0 Å². The molecule has 24 heavy (non-hydrogen) atoms. The number of hydrogen-bond donors (Lipinski definition) is 2. The molecule has 0 bridgehead atoms. The third kappa shape index (κ3) is 4.69. The molecule has 0 aliphatic carbocycles. The summed E-state index contributed by atoms with van der Waals surface area (Å²) < 4.78 is 23.1. The van der Waals surface area contributed by atoms with E-state index >= 15 is 0 Å². The molecule has 2 N–H and O–H groups in total. The number of sulfone groups is 1. The largest absolute Gasteiger partial charge is 0.390 e. The van der Waals surface area contributed by atoms with Gasteiger partial charge in [-0.1, -0.05) is 17.7 Å². The predicted molar refractivity (Wildman–Crippen MR) is 95.3 cm³/mol. The van der Waals surface area contributed by atoms with E-state index in [0.717, 1.165) is 11.1 Å². The molecule has 6 nitrogen and oxygen atoms in total. The Hall–Kier alpha value is -1.15. The molecule has 0 saturated carbocycles. The van der Waals surface area contributed by atoms with Crippen molar-refractivity contribution in [2.45, 2.75) is 32.4 Å². The van der Waals surface area contributed by atoms with E-state index < -0.39 is 22.0 Å². The first-order valence-electron chi connectivity index (χ1n) is 7.74. The number of nitrogens with one attached hydrogen (secondary N) is 1. The van der Waals surface area contributed by atoms with Gasteiger partial charge in [0.1, 0.15) is 0 Å². The van der Waals surface area contributed by atoms with E-state index in [9.17, 15) is 18.3 Å². The van der Waals surface area contributed by atoms with Crippen molar-refractivity contribution in [3.05, 3.63) is 28.3 Å². The molecular weight excluding hydrogens is 352 g/mol. The van der Waals surface area contributed by atoms with Crippen molar-refractivity contribution in [3.63, 3.8) is 0 Å². The molecule has 0 aromatic heterocycles. The monoisotopic (exact) mass is 374 g/mol. The van der Waals surface area contributed by atoms with Crippen molar-refractivity contribution in [2.75, 3.05) is 30.4 Å². The molecule has 8 heteroatoms. The molecular formula is C16H23ClN2O4S. The van der Waals surface area contributed by atoms with Gasteiger partial charge < -0.3 is 10.4 Å². The van der Waals surface area contributed by atoms with Gasteiger partial charge in [0.15, 0.2) is 9.84 Å². The van der Waals surface area contributed by atoms with Crippen molar-refractivity contribution >= 4 is 33.0 Å². The van der Waals surface area contributed by atoms with Gasteiger partial charge in [-0.2, -0.15) is 0 Å². The maximum atomic E-state index is 12.2. The number of hydrogen-bond acceptors (Lipinski definition) is 5. The summed E-state index contributed by atoms with van der Waals surface area (Å²) in [6.45, 7) is 4.16. The molecule has 1 aliphatic heterocycles. The standard InChI is InChI=1S/C16H23ClN2O4S/c1-10-6-11(2)16(12(17)7-10)18-15(21)4-5-19(3)13-8-24(22,23)9-14(13)20/h6-7,13-14,20H,4-5,8-9H2,1-3H3,(H,18,21)/t13-,14-/m1/s1. The SMILES string of the molecule is Cc1cc(C)c(NC(=O)CCN(C)[C@@H]2CS(=O)(=O)C[C@H]2O)c(Cl)c1. The number of carbonyl (C=O) groups is 1. The van der Waals surface area contributed by atoms with Crippen LogP contribution in [0.25, 0.3) is 0 Å². The van der Waals surface area contributed by atoms with E-state index in [1.54, 1.807) is 18.0 Å². The van der Waals surface area contributed by atoms with E-state index in [-0.39, 0.29) is 23.8 Å². The highest BCUT2D eigenvalue weighted by molar-refractivity contribution is 7.91. The van der Waals surface area contributed by atoms with Gasteiger partial charge in [-0.15, -0.1) is 0 Å². The Balaban J connectivity index is 1.92. The quantitative estimate of drug-likeness (QED) is 0.813. The summed E-state index contributed by atoms with van der Waals surface area (Å²) in [5.74, 6) is -0.493. The Morgan fingerprint density at radius 2 is 2.04 bits per heavy atom. The number of benzene rings is 1. The molecule has 134 valence electrons. The maximum absolute atomic E-state index is 12.2. The Bertz CT molecular complexity index is 713. The van der Waals surface area contributed by atoms with Crippen LogP contribution in [0.15, 0.2) is 12.1 Å². The van der Waals surface area contributed by atoms with Crippen LogP contribution in [0.2, 0.25) is 5.02 Å². The number of amides is 1. The summed E-state index contributed by atoms with van der Waals surface area (Å²) in [5, 5.41) is 13.1. The highest BCUT2D eigenvalue weighted by atomic mass is 35.5. The fourth-order valence-corrected chi connectivity index (χ4v) is 5.20. The Morgan fingerprint density at radius 1 is 1.38 bits per heavy atom. The first kappa shape index (κ1) is 19.2. The summed E-state index contributed by atoms with van der Waals surface area (Å²) in [6.07, 6.45) is -0.722. The lowest BCUT2D eigenvalue weighted by atomic mass is 10.1. The normalized spacial score (nSPS) is 22.8. The highest BCUT2D eigenvalue weighted by Gasteiger charge is 2.38. The van der Waals surface area contributed by atoms with Crippen LogP contribution in [-0.2, 0) is 14.6 Å². The number of anilines is 1. The summed E-state index contributed by atoms with van der Waals surface area (Å²) in [7, 11) is -1.49. The van der Waals surface area contributed by atoms with Gasteiger partial charge >= 0.3 is 0 Å². The van der Waals surface area contributed by atoms with Gasteiger partial charge in [-0.05, 0) is 38.1 Å². The van der Waals surface area contributed by atoms with Crippen molar-refractivity contribution in [1.82, 2.24) is 4.90 Å². The summed E-state index contributed by atoms with van der Waals surface area (Å²) in [5.41, 5.74) is 2.50. The molecule has 1 aromatic rings. The molecule has 2 atom stereocenters. The summed E-state index contributed by atoms with van der Waals surface area (Å²) in [6, 6.07) is 3.26. The summed E-state index contributed by atoms with van der Waals surface area (Å²) in [4.78, 5) is 13.9. The predicted octanol–water partition coefficient (Wildman–Crippen LogP) is 1.38. The Morgan fingerprint density at radius 3 is 2.58 bits per heavy atom. The lowest BCUT2D eigenvalue weighted by Crippen LogP contribution is -2.41. The number of carbonyl (C=O) groups excluding carboxylic acids is 1. The first-order chi connectivity index (χ1) is 11.1. The maximum Gasteiger partial charge on any atom is 0.225 e. The molecule has 0 spiro atoms. The van der Waals surface area contributed by atoms with Crippen LogP contribution < -0.4 is 5.32 Å². The number of aryl methyl sites for hydroxylation is 2. The van der Waals surface area contributed by atoms with Crippen LogP contribution in [-0.4, -0.2) is 61.6 Å². The van der Waals surface area contributed by atoms with Crippen LogP contribution in [0.3, 0.4) is 0 Å². The Labute approximate surface area is 147 Å². The van der Waals surface area contributed by atoms with E-state index in [4.69, 9.17) is 11.6 Å². The molecule has 1 aromatic carbocycles. The zero-order chi connectivity index (χ0) is 18.1. The number of nitrogens with zero attached hydrogens (tertiary/aromatic N) is 1. The first-order valence-corrected chi connectivity index (χ1v) is 9.94. The molecule has 2 rings (SSSR count). The van der Waals surface area contributed by atoms with Gasteiger partial charge in [0, 0.05) is 13.0 Å². The van der Waals surface area contributed by atoms with Crippen LogP contribution in [0.4, 0.5) is 5.69 Å². The fourth-order valence-electron chi connectivity index (χ4n) is 2.95. The van der Waals surface area contributed by atoms with Gasteiger partial charge in [-0.25, -0.2) is 8.42 Å². The van der Waals surface area contributed by atoms with Gasteiger partial charge in [0.05, 0.1) is 34.4 Å². The topological polar surface area (TPSA) is 86.7 Å². The average Bonchev–Trinajstić information content (AvgIpc) is 2.73. The minimum absolute atomic E-state index is 0.0742. The molecule has 0 unspecified atom stereocenters. The molecule has 1 fully saturated rings. The number of halogens is 1. The van der Waals surface area contributed by atoms with Crippen molar-refractivity contribution in [3.8, 4) is 0 Å². The lowest BCUT2D eigenvalue weighted by molar-refractivity contribution is -0.116. The number of likely N-dealkylation sites (N-methyl/N-ethyl adjacent to an activating group) is 1. The number of aliphatic hydroxyl groups is 1. The molecule has 1 amide bonds. The zero-order valence-electron chi connectivity index (χ0n) is 14.0. The van der Waals surface area contributed by atoms with E-state index in [2.05, 4.69) is 5.32 Å². The van der Waals surface area contributed by atoms with Crippen molar-refractivity contribution < 1.29 is 18.3 Å². The van der Waals surface area contributed by atoms with Crippen LogP contribution in [0, 0.1) is 13.8 Å². The van der Waals surface area contributed by atoms with Gasteiger partial charge in [0.2, 0.25) is 5.91 Å². The minimum atomic E-state index is -3.20. The van der Waals surface area contributed by atoms with E-state index in [0.29, 0.717) is 17.3 Å². The smallest absolute Gasteiger partial charge is 0.225 e. The third-order valence-electron chi connectivity index (χ3n) is 4.25. The molecule has 1 aliphatic rings. The van der Waals surface area contributed by atoms with Gasteiger partial charge in [0.25, 0.3) is 0 Å². The molecule has 1 saturated heterocycles. The van der Waals surface area contributed by atoms with Crippen LogP contribution in [0.1, 0.15) is 17.5 Å². The van der Waals surface area contributed by atoms with Crippen molar-refractivity contribution in [1.29, 1.82) is 0 Å². The summed E-state index contributed by atoms with van der Waals surface area (Å²) >= 11 is 6.17. The molecule has 0 radical (unpaired) electrons. The van der Waals surface area contributed by atoms with Crippen LogP contribution in [0.5, 0.6) is 0 Å². The second kappa shape index (κ2) is 7.39. The van der Waals surface area contributed by atoms with E-state index in [1.807, 2.05) is 19.9 Å². The molecule has 1 heterocycles. The lowest BCUT2D eigenvalue weighted by Gasteiger charge is -2.25. The van der Waals surface area contributed by atoms with Crippen molar-refractivity contribution in [2.24, 2.45) is 0 Å².